The van der Waals surface area contributed by atoms with Gasteiger partial charge in [-0.3, -0.25) is 9.59 Å². The van der Waals surface area contributed by atoms with E-state index < -0.39 is 18.5 Å². The fraction of sp³-hybridized carbons (Fsp3) is 0.286. The molecule has 9 nitrogen and oxygen atoms in total. The molecule has 10 heteroatoms. The van der Waals surface area contributed by atoms with E-state index in [2.05, 4.69) is 26.6 Å². The van der Waals surface area contributed by atoms with Crippen molar-refractivity contribution in [1.82, 2.24) is 0 Å². The van der Waals surface area contributed by atoms with Crippen molar-refractivity contribution in [3.8, 4) is 17.2 Å². The lowest BCUT2D eigenvalue weighted by Gasteiger charge is -2.14. The summed E-state index contributed by atoms with van der Waals surface area (Å²) in [5, 5.41) is 5.21. The van der Waals surface area contributed by atoms with Crippen LogP contribution < -0.4 is 24.8 Å². The van der Waals surface area contributed by atoms with Crippen LogP contribution in [0.3, 0.4) is 0 Å². The fourth-order valence-electron chi connectivity index (χ4n) is 2.61. The van der Waals surface area contributed by atoms with E-state index in [0.717, 1.165) is 0 Å². The van der Waals surface area contributed by atoms with Crippen molar-refractivity contribution in [2.75, 3.05) is 38.1 Å². The molecule has 31 heavy (non-hydrogen) atoms. The number of carbonyl (C=O) groups excluding carboxylic acids is 3. The van der Waals surface area contributed by atoms with Crippen molar-refractivity contribution in [1.29, 1.82) is 0 Å². The van der Waals surface area contributed by atoms with Crippen LogP contribution >= 0.6 is 15.9 Å². The van der Waals surface area contributed by atoms with Crippen LogP contribution in [-0.2, 0) is 14.3 Å². The molecule has 0 aliphatic rings. The lowest BCUT2D eigenvalue weighted by atomic mass is 10.2. The standard InChI is InChI=1S/C21H23BrN2O7/c1-5-30-20-15(22)8-13(9-18(20)29-4)21(27)31-11-19(26)24-16-10-14(23-12(2)25)6-7-17(16)28-3/h6-10H,5,11H2,1-4H3,(H,23,25)(H,24,26). The number of rotatable bonds is 9. The first-order chi connectivity index (χ1) is 14.8. The Labute approximate surface area is 188 Å². The lowest BCUT2D eigenvalue weighted by molar-refractivity contribution is -0.119. The van der Waals surface area contributed by atoms with Gasteiger partial charge in [0.2, 0.25) is 5.91 Å². The Morgan fingerprint density at radius 1 is 1.00 bits per heavy atom. The summed E-state index contributed by atoms with van der Waals surface area (Å²) in [7, 11) is 2.90. The molecular weight excluding hydrogens is 472 g/mol. The molecule has 2 N–H and O–H groups in total. The summed E-state index contributed by atoms with van der Waals surface area (Å²) in [6.07, 6.45) is 0. The van der Waals surface area contributed by atoms with Crippen molar-refractivity contribution in [2.45, 2.75) is 13.8 Å². The van der Waals surface area contributed by atoms with E-state index in [1.165, 1.54) is 39.3 Å². The maximum absolute atomic E-state index is 12.4. The number of amides is 2. The highest BCUT2D eigenvalue weighted by atomic mass is 79.9. The van der Waals surface area contributed by atoms with Gasteiger partial charge < -0.3 is 29.6 Å². The number of hydrogen-bond acceptors (Lipinski definition) is 7. The predicted octanol–water partition coefficient (Wildman–Crippen LogP) is 3.62. The molecule has 0 saturated carbocycles. The highest BCUT2D eigenvalue weighted by molar-refractivity contribution is 9.10. The number of esters is 1. The van der Waals surface area contributed by atoms with Gasteiger partial charge in [-0.15, -0.1) is 0 Å². The number of methoxy groups -OCH3 is 2. The molecule has 0 radical (unpaired) electrons. The molecule has 2 rings (SSSR count). The zero-order valence-electron chi connectivity index (χ0n) is 17.5. The molecule has 0 fully saturated rings. The molecule has 2 amide bonds. The number of nitrogens with one attached hydrogen (secondary N) is 2. The Balaban J connectivity index is 2.07. The van der Waals surface area contributed by atoms with Gasteiger partial charge in [0.15, 0.2) is 18.1 Å². The third-order valence-electron chi connectivity index (χ3n) is 3.88. The maximum atomic E-state index is 12.4. The number of halogens is 1. The van der Waals surface area contributed by atoms with Gasteiger partial charge in [-0.25, -0.2) is 4.79 Å². The normalized spacial score (nSPS) is 10.1. The minimum Gasteiger partial charge on any atom is -0.495 e. The maximum Gasteiger partial charge on any atom is 0.338 e. The molecule has 0 heterocycles. The first-order valence-electron chi connectivity index (χ1n) is 9.22. The summed E-state index contributed by atoms with van der Waals surface area (Å²) in [4.78, 5) is 35.9. The molecule has 0 bridgehead atoms. The van der Waals surface area contributed by atoms with Gasteiger partial charge in [0, 0.05) is 12.6 Å². The average Bonchev–Trinajstić information content (AvgIpc) is 2.73. The van der Waals surface area contributed by atoms with Gasteiger partial charge in [0.25, 0.3) is 5.91 Å². The smallest absolute Gasteiger partial charge is 0.338 e. The van der Waals surface area contributed by atoms with Gasteiger partial charge in [-0.1, -0.05) is 0 Å². The molecule has 0 aliphatic carbocycles. The number of anilines is 2. The van der Waals surface area contributed by atoms with Crippen LogP contribution in [0, 0.1) is 0 Å². The average molecular weight is 495 g/mol. The van der Waals surface area contributed by atoms with E-state index in [1.807, 2.05) is 6.92 Å². The van der Waals surface area contributed by atoms with Crippen molar-refractivity contribution in [3.05, 3.63) is 40.4 Å². The summed E-state index contributed by atoms with van der Waals surface area (Å²) in [6.45, 7) is 3.09. The van der Waals surface area contributed by atoms with Gasteiger partial charge in [-0.2, -0.15) is 0 Å². The Bertz CT molecular complexity index is 978. The molecule has 166 valence electrons. The van der Waals surface area contributed by atoms with E-state index in [4.69, 9.17) is 18.9 Å². The summed E-state index contributed by atoms with van der Waals surface area (Å²) in [6, 6.07) is 7.75. The quantitative estimate of drug-likeness (QED) is 0.511. The van der Waals surface area contributed by atoms with Crippen LogP contribution in [0.2, 0.25) is 0 Å². The Kier molecular flexibility index (Phi) is 8.68. The lowest BCUT2D eigenvalue weighted by Crippen LogP contribution is -2.21. The van der Waals surface area contributed by atoms with E-state index >= 15 is 0 Å². The number of benzene rings is 2. The van der Waals surface area contributed by atoms with Crippen LogP contribution in [0.25, 0.3) is 0 Å². The third kappa shape index (κ3) is 6.61. The second-order valence-corrected chi connectivity index (χ2v) is 7.00. The second-order valence-electron chi connectivity index (χ2n) is 6.14. The number of ether oxygens (including phenoxy) is 4. The van der Waals surface area contributed by atoms with Gasteiger partial charge in [0.05, 0.1) is 36.6 Å². The molecule has 0 aliphatic heterocycles. The molecular formula is C21H23BrN2O7. The molecule has 2 aromatic carbocycles. The Hall–Kier alpha value is -3.27. The molecule has 0 spiro atoms. The molecule has 2 aromatic rings. The van der Waals surface area contributed by atoms with Crippen LogP contribution in [0.5, 0.6) is 17.2 Å². The number of hydrogen-bond donors (Lipinski definition) is 2. The van der Waals surface area contributed by atoms with Crippen LogP contribution in [-0.4, -0.2) is 45.2 Å². The monoisotopic (exact) mass is 494 g/mol. The van der Waals surface area contributed by atoms with Gasteiger partial charge >= 0.3 is 5.97 Å². The van der Waals surface area contributed by atoms with E-state index in [9.17, 15) is 14.4 Å². The summed E-state index contributed by atoms with van der Waals surface area (Å²) in [5.74, 6) is -0.348. The Morgan fingerprint density at radius 2 is 1.71 bits per heavy atom. The van der Waals surface area contributed by atoms with Crippen LogP contribution in [0.1, 0.15) is 24.2 Å². The van der Waals surface area contributed by atoms with Gasteiger partial charge in [0.1, 0.15) is 5.75 Å². The van der Waals surface area contributed by atoms with Crippen LogP contribution in [0.4, 0.5) is 11.4 Å². The highest BCUT2D eigenvalue weighted by Crippen LogP contribution is 2.36. The minimum absolute atomic E-state index is 0.185. The van der Waals surface area contributed by atoms with E-state index in [0.29, 0.717) is 39.7 Å². The van der Waals surface area contributed by atoms with Crippen molar-refractivity contribution < 1.29 is 33.3 Å². The first-order valence-corrected chi connectivity index (χ1v) is 10.0. The SMILES string of the molecule is CCOc1c(Br)cc(C(=O)OCC(=O)Nc2cc(NC(C)=O)ccc2OC)cc1OC. The predicted molar refractivity (Wildman–Crippen MR) is 118 cm³/mol. The zero-order chi connectivity index (χ0) is 23.0. The highest BCUT2D eigenvalue weighted by Gasteiger charge is 2.18. The van der Waals surface area contributed by atoms with Crippen molar-refractivity contribution in [3.63, 3.8) is 0 Å². The molecule has 0 aromatic heterocycles. The molecule has 0 unspecified atom stereocenters. The van der Waals surface area contributed by atoms with Crippen molar-refractivity contribution in [2.24, 2.45) is 0 Å². The Morgan fingerprint density at radius 3 is 2.32 bits per heavy atom. The third-order valence-corrected chi connectivity index (χ3v) is 4.47. The fourth-order valence-corrected chi connectivity index (χ4v) is 3.17. The summed E-state index contributed by atoms with van der Waals surface area (Å²) < 4.78 is 21.6. The van der Waals surface area contributed by atoms with Gasteiger partial charge in [-0.05, 0) is 53.2 Å². The zero-order valence-corrected chi connectivity index (χ0v) is 19.1. The number of carbonyl (C=O) groups is 3. The largest absolute Gasteiger partial charge is 0.495 e. The van der Waals surface area contributed by atoms with Crippen LogP contribution in [0.15, 0.2) is 34.8 Å². The summed E-state index contributed by atoms with van der Waals surface area (Å²) >= 11 is 3.34. The first kappa shape index (κ1) is 24.0. The summed E-state index contributed by atoms with van der Waals surface area (Å²) in [5.41, 5.74) is 0.984. The topological polar surface area (TPSA) is 112 Å². The van der Waals surface area contributed by atoms with Crippen molar-refractivity contribution >= 4 is 45.1 Å². The second kappa shape index (κ2) is 11.2. The minimum atomic E-state index is -0.712. The molecule has 0 atom stereocenters. The molecule has 0 saturated heterocycles. The van der Waals surface area contributed by atoms with E-state index in [1.54, 1.807) is 12.1 Å². The van der Waals surface area contributed by atoms with E-state index in [-0.39, 0.29) is 11.5 Å².